The molecule has 0 radical (unpaired) electrons. The summed E-state index contributed by atoms with van der Waals surface area (Å²) in [5.74, 6) is -0.289. The third-order valence-corrected chi connectivity index (χ3v) is 19.1. The van der Waals surface area contributed by atoms with E-state index in [0.29, 0.717) is 12.8 Å². The van der Waals surface area contributed by atoms with Crippen molar-refractivity contribution >= 4 is 5.91 Å². The second kappa shape index (κ2) is 60.9. The normalized spacial score (nSPS) is 27.0. The molecule has 0 saturated carbocycles. The Hall–Kier alpha value is -3.29. The molecule has 0 aliphatic carbocycles. The van der Waals surface area contributed by atoms with Crippen molar-refractivity contribution in [3.05, 3.63) is 97.2 Å². The highest BCUT2D eigenvalue weighted by atomic mass is 16.8. The molecule has 12 N–H and O–H groups in total. The lowest BCUT2D eigenvalue weighted by molar-refractivity contribution is -0.379. The minimum absolute atomic E-state index is 0.232. The quantitative estimate of drug-likeness (QED) is 0.0199. The molecular weight excluding hydrogens is 1270 g/mol. The number of hydrogen-bond donors (Lipinski definition) is 12. The summed E-state index contributed by atoms with van der Waals surface area (Å²) >= 11 is 0. The molecule has 3 fully saturated rings. The molecule has 0 bridgehead atoms. The maximum absolute atomic E-state index is 13.4. The van der Waals surface area contributed by atoms with Crippen LogP contribution in [0.5, 0.6) is 0 Å². The van der Waals surface area contributed by atoms with E-state index in [2.05, 4.69) is 104 Å². The zero-order chi connectivity index (χ0) is 72.5. The smallest absolute Gasteiger partial charge is 0.220 e. The predicted octanol–water partition coefficient (Wildman–Crippen LogP) is 12.8. The van der Waals surface area contributed by atoms with Crippen LogP contribution in [-0.2, 0) is 33.2 Å². The fraction of sp³-hybridized carbons (Fsp3) is 0.790. The molecule has 3 rings (SSSR count). The van der Waals surface area contributed by atoms with Gasteiger partial charge in [-0.05, 0) is 89.9 Å². The standard InChI is InChI=1S/C81H141NO18/c1-3-5-7-9-11-13-15-17-19-20-21-22-23-24-25-26-27-28-29-30-31-32-33-34-35-36-37-38-39-40-41-42-43-44-45-47-49-51-53-55-57-59-69(87)82-64(65(86)58-56-54-52-50-48-46-18-16-14-12-10-8-6-4-2)63-95-79-75(93)72(90)77(67(61-84)97-79)100-81-76(94)73(91)78(68(62-85)98-81)99-80-74(92)71(89)70(88)66(60-83)96-80/h5,7,11,13-14,16-17,19,21-22,24-25,48,50,56,58,64-68,70-81,83-86,88-94H,3-4,6,8-10,12,15,18,20,23,26-47,49,51-55,57,59-63H2,1-2H3,(H,82,87)/b7-5-,13-11-,16-14+,19-17-,22-21-,25-24-,50-48+,58-56+. The first-order valence-electron chi connectivity index (χ1n) is 39.5. The Balaban J connectivity index is 1.28. The largest absolute Gasteiger partial charge is 0.394 e. The number of rotatable bonds is 61. The van der Waals surface area contributed by atoms with Gasteiger partial charge in [-0.3, -0.25) is 4.79 Å². The number of unbranched alkanes of at least 4 members (excludes halogenated alkanes) is 31. The van der Waals surface area contributed by atoms with Crippen LogP contribution in [0.2, 0.25) is 0 Å². The van der Waals surface area contributed by atoms with Crippen molar-refractivity contribution in [2.45, 2.75) is 381 Å². The Kier molecular flexibility index (Phi) is 55.4. The number of hydrogen-bond acceptors (Lipinski definition) is 18. The molecule has 0 aromatic carbocycles. The summed E-state index contributed by atoms with van der Waals surface area (Å²) in [6.45, 7) is 1.57. The first kappa shape index (κ1) is 90.9. The van der Waals surface area contributed by atoms with Crippen molar-refractivity contribution in [3.63, 3.8) is 0 Å². The van der Waals surface area contributed by atoms with E-state index < -0.39 is 124 Å². The summed E-state index contributed by atoms with van der Waals surface area (Å²) in [5, 5.41) is 121. The molecule has 100 heavy (non-hydrogen) atoms. The summed E-state index contributed by atoms with van der Waals surface area (Å²) in [6, 6.07) is -0.998. The Morgan fingerprint density at radius 2 is 0.700 bits per heavy atom. The van der Waals surface area contributed by atoms with Crippen molar-refractivity contribution in [1.29, 1.82) is 0 Å². The van der Waals surface area contributed by atoms with Crippen LogP contribution in [0.3, 0.4) is 0 Å². The summed E-state index contributed by atoms with van der Waals surface area (Å²) in [6.07, 6.45) is 55.7. The molecule has 0 spiro atoms. The van der Waals surface area contributed by atoms with Crippen molar-refractivity contribution in [2.24, 2.45) is 0 Å². The Labute approximate surface area is 603 Å². The van der Waals surface area contributed by atoms with Crippen molar-refractivity contribution < 1.29 is 89.4 Å². The monoisotopic (exact) mass is 1420 g/mol. The number of amides is 1. The number of aliphatic hydroxyl groups is 11. The average molecular weight is 1420 g/mol. The first-order chi connectivity index (χ1) is 48.8. The lowest BCUT2D eigenvalue weighted by Gasteiger charge is -2.48. The van der Waals surface area contributed by atoms with Gasteiger partial charge in [0.1, 0.15) is 73.2 Å². The summed E-state index contributed by atoms with van der Waals surface area (Å²) in [5.41, 5.74) is 0. The van der Waals surface area contributed by atoms with Gasteiger partial charge in [0.05, 0.1) is 38.6 Å². The van der Waals surface area contributed by atoms with E-state index in [9.17, 15) is 61.0 Å². The lowest BCUT2D eigenvalue weighted by atomic mass is 9.96. The molecule has 578 valence electrons. The van der Waals surface area contributed by atoms with Crippen LogP contribution < -0.4 is 5.32 Å². The Morgan fingerprint density at radius 1 is 0.370 bits per heavy atom. The number of aliphatic hydroxyl groups excluding tert-OH is 11. The van der Waals surface area contributed by atoms with Crippen molar-refractivity contribution in [1.82, 2.24) is 5.32 Å². The van der Waals surface area contributed by atoms with E-state index in [-0.39, 0.29) is 18.9 Å². The fourth-order valence-corrected chi connectivity index (χ4v) is 12.8. The van der Waals surface area contributed by atoms with E-state index in [0.717, 1.165) is 77.0 Å². The van der Waals surface area contributed by atoms with Gasteiger partial charge in [-0.2, -0.15) is 0 Å². The molecule has 3 aliphatic heterocycles. The van der Waals surface area contributed by atoms with Crippen molar-refractivity contribution in [3.8, 4) is 0 Å². The minimum atomic E-state index is -1.98. The SMILES string of the molecule is CC/C=C\C/C=C\C/C=C\C/C=C\C/C=C\CCCCCCCCCCCCCCCCCCCCCCCCCCCC(=O)NC(COC1OC(CO)C(OC2OC(CO)C(OC3OC(CO)C(O)C(O)C3O)C(O)C2O)C(O)C1O)C(O)/C=C/CC/C=C/CC/C=C/CCCCCC. The maximum Gasteiger partial charge on any atom is 0.220 e. The average Bonchev–Trinajstić information content (AvgIpc) is 0.783. The number of carbonyl (C=O) groups is 1. The zero-order valence-corrected chi connectivity index (χ0v) is 61.6. The summed E-state index contributed by atoms with van der Waals surface area (Å²) < 4.78 is 34.3. The van der Waals surface area contributed by atoms with Gasteiger partial charge < -0.3 is 89.9 Å². The van der Waals surface area contributed by atoms with Gasteiger partial charge in [-0.1, -0.05) is 278 Å². The molecule has 3 heterocycles. The van der Waals surface area contributed by atoms with Crippen LogP contribution >= 0.6 is 0 Å². The van der Waals surface area contributed by atoms with Crippen LogP contribution in [0.15, 0.2) is 97.2 Å². The molecule has 3 aliphatic rings. The predicted molar refractivity (Wildman–Crippen MR) is 397 cm³/mol. The van der Waals surface area contributed by atoms with Gasteiger partial charge in [0.15, 0.2) is 18.9 Å². The number of nitrogens with one attached hydrogen (secondary N) is 1. The van der Waals surface area contributed by atoms with Crippen molar-refractivity contribution in [2.75, 3.05) is 26.4 Å². The highest BCUT2D eigenvalue weighted by Crippen LogP contribution is 2.33. The topological polar surface area (TPSA) is 307 Å². The Bertz CT molecular complexity index is 2190. The van der Waals surface area contributed by atoms with Crippen LogP contribution in [0, 0.1) is 0 Å². The van der Waals surface area contributed by atoms with E-state index in [1.165, 1.54) is 167 Å². The van der Waals surface area contributed by atoms with Crippen LogP contribution in [0.25, 0.3) is 0 Å². The number of carbonyl (C=O) groups excluding carboxylic acids is 1. The lowest BCUT2D eigenvalue weighted by Crippen LogP contribution is -2.66. The zero-order valence-electron chi connectivity index (χ0n) is 61.6. The molecule has 0 aromatic heterocycles. The molecule has 17 atom stereocenters. The third-order valence-electron chi connectivity index (χ3n) is 19.1. The van der Waals surface area contributed by atoms with Gasteiger partial charge in [-0.15, -0.1) is 0 Å². The number of ether oxygens (including phenoxy) is 6. The van der Waals surface area contributed by atoms with E-state index in [1.807, 2.05) is 6.08 Å². The molecule has 19 heteroatoms. The van der Waals surface area contributed by atoms with Crippen LogP contribution in [-0.4, -0.2) is 193 Å². The molecule has 19 nitrogen and oxygen atoms in total. The second-order valence-corrected chi connectivity index (χ2v) is 27.8. The molecular formula is C81H141NO18. The molecule has 3 saturated heterocycles. The molecule has 17 unspecified atom stereocenters. The van der Waals surface area contributed by atoms with Crippen LogP contribution in [0.1, 0.15) is 277 Å². The fourth-order valence-electron chi connectivity index (χ4n) is 12.8. The molecule has 1 amide bonds. The molecule has 0 aromatic rings. The maximum atomic E-state index is 13.4. The Morgan fingerprint density at radius 3 is 1.12 bits per heavy atom. The summed E-state index contributed by atoms with van der Waals surface area (Å²) in [7, 11) is 0. The van der Waals surface area contributed by atoms with Gasteiger partial charge in [0.25, 0.3) is 0 Å². The summed E-state index contributed by atoms with van der Waals surface area (Å²) in [4.78, 5) is 13.4. The van der Waals surface area contributed by atoms with Gasteiger partial charge in [0.2, 0.25) is 5.91 Å². The minimum Gasteiger partial charge on any atom is -0.394 e. The van der Waals surface area contributed by atoms with Gasteiger partial charge >= 0.3 is 0 Å². The van der Waals surface area contributed by atoms with E-state index in [4.69, 9.17) is 28.4 Å². The first-order valence-corrected chi connectivity index (χ1v) is 39.5. The highest BCUT2D eigenvalue weighted by molar-refractivity contribution is 5.76. The van der Waals surface area contributed by atoms with E-state index >= 15 is 0 Å². The van der Waals surface area contributed by atoms with E-state index in [1.54, 1.807) is 6.08 Å². The van der Waals surface area contributed by atoms with Gasteiger partial charge in [-0.25, -0.2) is 0 Å². The van der Waals surface area contributed by atoms with Gasteiger partial charge in [0, 0.05) is 6.42 Å². The number of allylic oxidation sites excluding steroid dienone is 15. The van der Waals surface area contributed by atoms with Crippen LogP contribution in [0.4, 0.5) is 0 Å². The second-order valence-electron chi connectivity index (χ2n) is 27.8. The third kappa shape index (κ3) is 40.8. The highest BCUT2D eigenvalue weighted by Gasteiger charge is 2.53.